The van der Waals surface area contributed by atoms with Crippen molar-refractivity contribution in [3.63, 3.8) is 0 Å². The van der Waals surface area contributed by atoms with Crippen LogP contribution in [0, 0.1) is 10.1 Å². The van der Waals surface area contributed by atoms with Gasteiger partial charge in [0.15, 0.2) is 0 Å². The molecular formula is C13H17ClN2O3. The summed E-state index contributed by atoms with van der Waals surface area (Å²) < 4.78 is 0. The number of nitro benzene ring substituents is 1. The van der Waals surface area contributed by atoms with Gasteiger partial charge >= 0.3 is 0 Å². The van der Waals surface area contributed by atoms with E-state index in [2.05, 4.69) is 0 Å². The SMILES string of the molecule is O=[N+]([O-])c1cccc(Cl)c1N1CCCCCC1CO. The Morgan fingerprint density at radius 1 is 1.42 bits per heavy atom. The molecule has 1 fully saturated rings. The minimum Gasteiger partial charge on any atom is -0.394 e. The molecule has 1 atom stereocenters. The first-order valence-electron chi connectivity index (χ1n) is 6.45. The Kier molecular flexibility index (Phi) is 4.61. The van der Waals surface area contributed by atoms with Crippen LogP contribution in [-0.2, 0) is 0 Å². The fourth-order valence-corrected chi connectivity index (χ4v) is 2.88. The summed E-state index contributed by atoms with van der Waals surface area (Å²) in [4.78, 5) is 12.6. The van der Waals surface area contributed by atoms with E-state index in [9.17, 15) is 15.2 Å². The van der Waals surface area contributed by atoms with Gasteiger partial charge in [0.25, 0.3) is 5.69 Å². The Hall–Kier alpha value is -1.33. The summed E-state index contributed by atoms with van der Waals surface area (Å²) in [5.41, 5.74) is 0.447. The maximum Gasteiger partial charge on any atom is 0.294 e. The third-order valence-electron chi connectivity index (χ3n) is 3.54. The maximum absolute atomic E-state index is 11.2. The molecule has 0 bridgehead atoms. The lowest BCUT2D eigenvalue weighted by atomic mass is 10.1. The Balaban J connectivity index is 2.45. The molecule has 1 saturated heterocycles. The molecule has 0 radical (unpaired) electrons. The van der Waals surface area contributed by atoms with E-state index in [4.69, 9.17) is 11.6 Å². The largest absolute Gasteiger partial charge is 0.394 e. The van der Waals surface area contributed by atoms with Gasteiger partial charge in [-0.15, -0.1) is 0 Å². The smallest absolute Gasteiger partial charge is 0.294 e. The molecule has 1 N–H and O–H groups in total. The van der Waals surface area contributed by atoms with E-state index < -0.39 is 4.92 Å². The van der Waals surface area contributed by atoms with Crippen molar-refractivity contribution in [2.24, 2.45) is 0 Å². The predicted molar refractivity (Wildman–Crippen MR) is 74.8 cm³/mol. The van der Waals surface area contributed by atoms with Crippen molar-refractivity contribution in [2.75, 3.05) is 18.1 Å². The lowest BCUT2D eigenvalue weighted by Gasteiger charge is -2.31. The lowest BCUT2D eigenvalue weighted by Crippen LogP contribution is -2.38. The number of halogens is 1. The summed E-state index contributed by atoms with van der Waals surface area (Å²) in [5.74, 6) is 0. The van der Waals surface area contributed by atoms with Crippen LogP contribution < -0.4 is 4.90 Å². The number of aliphatic hydroxyl groups excluding tert-OH is 1. The third-order valence-corrected chi connectivity index (χ3v) is 3.84. The van der Waals surface area contributed by atoms with Crippen LogP contribution in [0.1, 0.15) is 25.7 Å². The molecule has 0 spiro atoms. The zero-order chi connectivity index (χ0) is 13.8. The number of benzene rings is 1. The second-order valence-corrected chi connectivity index (χ2v) is 5.15. The van der Waals surface area contributed by atoms with Gasteiger partial charge in [-0.05, 0) is 18.9 Å². The standard InChI is InChI=1S/C13H17ClN2O3/c14-11-6-4-7-12(16(18)19)13(11)15-8-3-1-2-5-10(15)9-17/h4,6-7,10,17H,1-3,5,8-9H2. The molecule has 0 saturated carbocycles. The number of anilines is 1. The van der Waals surface area contributed by atoms with Crippen LogP contribution in [0.3, 0.4) is 0 Å². The molecule has 19 heavy (non-hydrogen) atoms. The van der Waals surface area contributed by atoms with E-state index in [0.717, 1.165) is 25.7 Å². The number of hydrogen-bond donors (Lipinski definition) is 1. The minimum absolute atomic E-state index is 0.00727. The lowest BCUT2D eigenvalue weighted by molar-refractivity contribution is -0.384. The first-order chi connectivity index (χ1) is 9.15. The molecular weight excluding hydrogens is 268 g/mol. The molecule has 1 heterocycles. The Bertz CT molecular complexity index is 467. The van der Waals surface area contributed by atoms with Gasteiger partial charge in [0.05, 0.1) is 22.6 Å². The summed E-state index contributed by atoms with van der Waals surface area (Å²) in [6.07, 6.45) is 3.89. The highest BCUT2D eigenvalue weighted by molar-refractivity contribution is 6.33. The van der Waals surface area contributed by atoms with Crippen molar-refractivity contribution >= 4 is 23.0 Å². The molecule has 5 nitrogen and oxygen atoms in total. The van der Waals surface area contributed by atoms with Crippen LogP contribution in [0.25, 0.3) is 0 Å². The van der Waals surface area contributed by atoms with E-state index in [0.29, 0.717) is 17.3 Å². The molecule has 0 aromatic heterocycles. The van der Waals surface area contributed by atoms with E-state index in [1.165, 1.54) is 6.07 Å². The first kappa shape index (κ1) is 14.1. The summed E-state index contributed by atoms with van der Waals surface area (Å²) in [5, 5.41) is 21.0. The van der Waals surface area contributed by atoms with Gasteiger partial charge in [-0.3, -0.25) is 10.1 Å². The summed E-state index contributed by atoms with van der Waals surface area (Å²) in [7, 11) is 0. The Morgan fingerprint density at radius 2 is 2.21 bits per heavy atom. The summed E-state index contributed by atoms with van der Waals surface area (Å²) in [6.45, 7) is 0.679. The molecule has 1 aliphatic rings. The van der Waals surface area contributed by atoms with Gasteiger partial charge < -0.3 is 10.0 Å². The van der Waals surface area contributed by atoms with Gasteiger partial charge in [-0.1, -0.05) is 30.5 Å². The van der Waals surface area contributed by atoms with Crippen molar-refractivity contribution in [3.8, 4) is 0 Å². The van der Waals surface area contributed by atoms with Crippen LogP contribution in [-0.4, -0.2) is 29.2 Å². The maximum atomic E-state index is 11.2. The zero-order valence-corrected chi connectivity index (χ0v) is 11.3. The molecule has 1 unspecified atom stereocenters. The van der Waals surface area contributed by atoms with Crippen LogP contribution in [0.4, 0.5) is 11.4 Å². The monoisotopic (exact) mass is 284 g/mol. The fourth-order valence-electron chi connectivity index (χ4n) is 2.60. The van der Waals surface area contributed by atoms with E-state index in [1.807, 2.05) is 4.90 Å². The number of rotatable bonds is 3. The Morgan fingerprint density at radius 3 is 2.89 bits per heavy atom. The number of hydrogen-bond acceptors (Lipinski definition) is 4. The highest BCUT2D eigenvalue weighted by atomic mass is 35.5. The summed E-state index contributed by atoms with van der Waals surface area (Å²) >= 11 is 6.15. The van der Waals surface area contributed by atoms with Crippen molar-refractivity contribution < 1.29 is 10.0 Å². The van der Waals surface area contributed by atoms with Crippen LogP contribution in [0.2, 0.25) is 5.02 Å². The van der Waals surface area contributed by atoms with Gasteiger partial charge in [0.2, 0.25) is 0 Å². The number of aliphatic hydroxyl groups is 1. The average molecular weight is 285 g/mol. The average Bonchev–Trinajstić information content (AvgIpc) is 2.63. The van der Waals surface area contributed by atoms with Gasteiger partial charge in [0.1, 0.15) is 5.69 Å². The molecule has 6 heteroatoms. The van der Waals surface area contributed by atoms with E-state index in [-0.39, 0.29) is 18.3 Å². The summed E-state index contributed by atoms with van der Waals surface area (Å²) in [6, 6.07) is 4.60. The predicted octanol–water partition coefficient (Wildman–Crippen LogP) is 2.99. The first-order valence-corrected chi connectivity index (χ1v) is 6.83. The van der Waals surface area contributed by atoms with Crippen molar-refractivity contribution in [1.82, 2.24) is 0 Å². The molecule has 1 aliphatic heterocycles. The molecule has 0 aliphatic carbocycles. The third kappa shape index (κ3) is 2.98. The molecule has 2 rings (SSSR count). The van der Waals surface area contributed by atoms with Crippen molar-refractivity contribution in [2.45, 2.75) is 31.7 Å². The number of para-hydroxylation sites is 1. The molecule has 104 valence electrons. The van der Waals surface area contributed by atoms with Gasteiger partial charge in [-0.25, -0.2) is 0 Å². The normalized spacial score (nSPS) is 20.1. The number of nitrogens with zero attached hydrogens (tertiary/aromatic N) is 2. The Labute approximate surface area is 116 Å². The van der Waals surface area contributed by atoms with Crippen molar-refractivity contribution in [1.29, 1.82) is 0 Å². The van der Waals surface area contributed by atoms with Crippen LogP contribution >= 0.6 is 11.6 Å². The zero-order valence-electron chi connectivity index (χ0n) is 10.6. The van der Waals surface area contributed by atoms with Crippen LogP contribution in [0.5, 0.6) is 0 Å². The topological polar surface area (TPSA) is 66.6 Å². The van der Waals surface area contributed by atoms with Gasteiger partial charge in [-0.2, -0.15) is 0 Å². The van der Waals surface area contributed by atoms with E-state index in [1.54, 1.807) is 12.1 Å². The highest BCUT2D eigenvalue weighted by Crippen LogP contribution is 2.38. The minimum atomic E-state index is -0.416. The fraction of sp³-hybridized carbons (Fsp3) is 0.538. The molecule has 1 aromatic carbocycles. The molecule has 0 amide bonds. The van der Waals surface area contributed by atoms with Gasteiger partial charge in [0, 0.05) is 12.6 Å². The van der Waals surface area contributed by atoms with E-state index >= 15 is 0 Å². The highest BCUT2D eigenvalue weighted by Gasteiger charge is 2.28. The number of nitro groups is 1. The van der Waals surface area contributed by atoms with Crippen LogP contribution in [0.15, 0.2) is 18.2 Å². The quantitative estimate of drug-likeness (QED) is 0.684. The second kappa shape index (κ2) is 6.21. The molecule has 1 aromatic rings. The second-order valence-electron chi connectivity index (χ2n) is 4.74. The van der Waals surface area contributed by atoms with Crippen molar-refractivity contribution in [3.05, 3.63) is 33.3 Å².